The van der Waals surface area contributed by atoms with Gasteiger partial charge in [0, 0.05) is 5.88 Å². The van der Waals surface area contributed by atoms with Crippen molar-refractivity contribution < 1.29 is 4.74 Å². The molecule has 1 nitrogen and oxygen atoms in total. The molecule has 1 heterocycles. The van der Waals surface area contributed by atoms with Crippen molar-refractivity contribution in [3.63, 3.8) is 0 Å². The molecule has 0 aliphatic carbocycles. The van der Waals surface area contributed by atoms with Crippen LogP contribution >= 0.6 is 11.6 Å². The highest BCUT2D eigenvalue weighted by Crippen LogP contribution is 2.39. The van der Waals surface area contributed by atoms with E-state index in [1.807, 2.05) is 0 Å². The number of hydrogen-bond acceptors (Lipinski definition) is 1. The molecule has 0 aromatic heterocycles. The molecule has 0 atom stereocenters. The maximum Gasteiger partial charge on any atom is 0.0597 e. The highest BCUT2D eigenvalue weighted by Gasteiger charge is 2.41. The van der Waals surface area contributed by atoms with E-state index in [0.29, 0.717) is 5.88 Å². The molecule has 2 heteroatoms. The quantitative estimate of drug-likeness (QED) is 0.732. The summed E-state index contributed by atoms with van der Waals surface area (Å²) in [5.74, 6) is 0.642. The van der Waals surface area contributed by atoms with E-state index < -0.39 is 0 Å². The molecule has 0 radical (unpaired) electrons. The Morgan fingerprint density at radius 2 is 1.67 bits per heavy atom. The Bertz CT molecular complexity index is 424. The summed E-state index contributed by atoms with van der Waals surface area (Å²) in [4.78, 5) is 0. The lowest BCUT2D eigenvalue weighted by molar-refractivity contribution is -0.0485. The van der Waals surface area contributed by atoms with Crippen LogP contribution in [0.4, 0.5) is 0 Å². The zero-order valence-corrected chi connectivity index (χ0v) is 12.8. The van der Waals surface area contributed by atoms with E-state index >= 15 is 0 Å². The van der Waals surface area contributed by atoms with Crippen LogP contribution in [-0.4, -0.2) is 19.1 Å². The first-order valence-electron chi connectivity index (χ1n) is 6.56. The van der Waals surface area contributed by atoms with Gasteiger partial charge in [-0.1, -0.05) is 32.9 Å². The van der Waals surface area contributed by atoms with Crippen LogP contribution < -0.4 is 0 Å². The Morgan fingerprint density at radius 1 is 1.17 bits per heavy atom. The van der Waals surface area contributed by atoms with Crippen LogP contribution in [0.5, 0.6) is 0 Å². The summed E-state index contributed by atoms with van der Waals surface area (Å²) in [6.07, 6.45) is 0. The minimum atomic E-state index is 0.0478. The third-order valence-corrected chi connectivity index (χ3v) is 4.45. The predicted octanol–water partition coefficient (Wildman–Crippen LogP) is 4.11. The minimum Gasteiger partial charge on any atom is -0.379 e. The molecule has 18 heavy (non-hydrogen) atoms. The van der Waals surface area contributed by atoms with E-state index in [9.17, 15) is 0 Å². The molecule has 1 fully saturated rings. The smallest absolute Gasteiger partial charge is 0.0597 e. The summed E-state index contributed by atoms with van der Waals surface area (Å²) >= 11 is 6.19. The van der Waals surface area contributed by atoms with Gasteiger partial charge in [0.25, 0.3) is 0 Å². The van der Waals surface area contributed by atoms with Crippen molar-refractivity contribution in [1.29, 1.82) is 0 Å². The Labute approximate surface area is 115 Å². The number of benzene rings is 1. The van der Waals surface area contributed by atoms with E-state index in [-0.39, 0.29) is 10.8 Å². The average molecular weight is 267 g/mol. The Hall–Kier alpha value is -0.530. The lowest BCUT2D eigenvalue weighted by Gasteiger charge is -2.42. The van der Waals surface area contributed by atoms with Crippen LogP contribution in [0.2, 0.25) is 0 Å². The number of ether oxygens (including phenoxy) is 1. The SMILES string of the molecule is Cc1cc(C(C)(C)C)cc(C)c1C1(CCl)COC1. The maximum atomic E-state index is 6.19. The summed E-state index contributed by atoms with van der Waals surface area (Å²) in [7, 11) is 0. The Balaban J connectivity index is 2.51. The zero-order chi connectivity index (χ0) is 13.6. The summed E-state index contributed by atoms with van der Waals surface area (Å²) in [6, 6.07) is 4.63. The van der Waals surface area contributed by atoms with E-state index in [2.05, 4.69) is 46.8 Å². The van der Waals surface area contributed by atoms with Gasteiger partial charge < -0.3 is 4.74 Å². The van der Waals surface area contributed by atoms with Crippen LogP contribution in [-0.2, 0) is 15.6 Å². The number of alkyl halides is 1. The standard InChI is InChI=1S/C16H23ClO/c1-11-6-13(15(3,4)5)7-12(2)14(11)16(8-17)9-18-10-16/h6-7H,8-10H2,1-5H3. The minimum absolute atomic E-state index is 0.0478. The fourth-order valence-corrected chi connectivity index (χ4v) is 3.16. The highest BCUT2D eigenvalue weighted by molar-refractivity contribution is 6.18. The third-order valence-electron chi connectivity index (χ3n) is 3.94. The zero-order valence-electron chi connectivity index (χ0n) is 12.1. The second kappa shape index (κ2) is 4.54. The van der Waals surface area contributed by atoms with Crippen molar-refractivity contribution in [2.75, 3.05) is 19.1 Å². The molecule has 0 bridgehead atoms. The topological polar surface area (TPSA) is 9.23 Å². The van der Waals surface area contributed by atoms with Crippen molar-refractivity contribution in [1.82, 2.24) is 0 Å². The van der Waals surface area contributed by atoms with Gasteiger partial charge in [-0.05, 0) is 41.5 Å². The molecule has 100 valence electrons. The second-order valence-corrected chi connectivity index (χ2v) is 6.91. The van der Waals surface area contributed by atoms with Crippen molar-refractivity contribution in [3.05, 3.63) is 34.4 Å². The molecule has 0 spiro atoms. The van der Waals surface area contributed by atoms with E-state index in [4.69, 9.17) is 16.3 Å². The van der Waals surface area contributed by atoms with Crippen LogP contribution in [0.3, 0.4) is 0 Å². The number of halogens is 1. The molecule has 0 amide bonds. The molecule has 0 N–H and O–H groups in total. The monoisotopic (exact) mass is 266 g/mol. The third kappa shape index (κ3) is 2.19. The molecule has 1 aromatic carbocycles. The largest absolute Gasteiger partial charge is 0.379 e. The molecule has 1 aliphatic heterocycles. The Morgan fingerprint density at radius 3 is 1.94 bits per heavy atom. The van der Waals surface area contributed by atoms with Gasteiger partial charge in [-0.3, -0.25) is 0 Å². The van der Waals surface area contributed by atoms with Crippen molar-refractivity contribution >= 4 is 11.6 Å². The number of rotatable bonds is 2. The first-order valence-corrected chi connectivity index (χ1v) is 7.09. The summed E-state index contributed by atoms with van der Waals surface area (Å²) in [6.45, 7) is 12.7. The van der Waals surface area contributed by atoms with Crippen molar-refractivity contribution in [2.45, 2.75) is 45.4 Å². The molecule has 1 aromatic rings. The average Bonchev–Trinajstić information content (AvgIpc) is 2.19. The molecule has 1 saturated heterocycles. The fraction of sp³-hybridized carbons (Fsp3) is 0.625. The molecular weight excluding hydrogens is 244 g/mol. The number of hydrogen-bond donors (Lipinski definition) is 0. The molecular formula is C16H23ClO. The van der Waals surface area contributed by atoms with Gasteiger partial charge in [-0.2, -0.15) is 0 Å². The molecule has 1 aliphatic rings. The van der Waals surface area contributed by atoms with Gasteiger partial charge in [0.05, 0.1) is 18.6 Å². The highest BCUT2D eigenvalue weighted by atomic mass is 35.5. The van der Waals surface area contributed by atoms with Crippen LogP contribution in [0.15, 0.2) is 12.1 Å². The maximum absolute atomic E-state index is 6.19. The van der Waals surface area contributed by atoms with E-state index in [1.54, 1.807) is 0 Å². The molecule has 0 saturated carbocycles. The lowest BCUT2D eigenvalue weighted by atomic mass is 9.74. The van der Waals surface area contributed by atoms with Gasteiger partial charge >= 0.3 is 0 Å². The molecule has 0 unspecified atom stereocenters. The van der Waals surface area contributed by atoms with Gasteiger partial charge in [-0.25, -0.2) is 0 Å². The summed E-state index contributed by atoms with van der Waals surface area (Å²) in [5.41, 5.74) is 5.74. The van der Waals surface area contributed by atoms with Gasteiger partial charge in [-0.15, -0.1) is 11.6 Å². The van der Waals surface area contributed by atoms with Gasteiger partial charge in [0.15, 0.2) is 0 Å². The normalized spacial score (nSPS) is 18.6. The lowest BCUT2D eigenvalue weighted by Crippen LogP contribution is -2.49. The predicted molar refractivity (Wildman–Crippen MR) is 77.8 cm³/mol. The first-order chi connectivity index (χ1) is 8.30. The second-order valence-electron chi connectivity index (χ2n) is 6.64. The molecule has 2 rings (SSSR count). The van der Waals surface area contributed by atoms with Crippen molar-refractivity contribution in [2.24, 2.45) is 0 Å². The van der Waals surface area contributed by atoms with Gasteiger partial charge in [0.1, 0.15) is 0 Å². The first kappa shape index (κ1) is 13.9. The number of aryl methyl sites for hydroxylation is 2. The van der Waals surface area contributed by atoms with Crippen molar-refractivity contribution in [3.8, 4) is 0 Å². The summed E-state index contributed by atoms with van der Waals surface area (Å²) < 4.78 is 5.41. The van der Waals surface area contributed by atoms with Crippen LogP contribution in [0.1, 0.15) is 43.0 Å². The summed E-state index contributed by atoms with van der Waals surface area (Å²) in [5, 5.41) is 0. The van der Waals surface area contributed by atoms with Crippen LogP contribution in [0, 0.1) is 13.8 Å². The fourth-order valence-electron chi connectivity index (χ4n) is 2.87. The Kier molecular flexibility index (Phi) is 3.50. The van der Waals surface area contributed by atoms with Gasteiger partial charge in [0.2, 0.25) is 0 Å². The van der Waals surface area contributed by atoms with E-state index in [0.717, 1.165) is 13.2 Å². The van der Waals surface area contributed by atoms with Crippen LogP contribution in [0.25, 0.3) is 0 Å². The van der Waals surface area contributed by atoms with E-state index in [1.165, 1.54) is 22.3 Å².